The summed E-state index contributed by atoms with van der Waals surface area (Å²) in [5, 5.41) is 0. The normalized spacial score (nSPS) is 25.7. The Labute approximate surface area is 161 Å². The lowest BCUT2D eigenvalue weighted by atomic mass is 9.89. The van der Waals surface area contributed by atoms with Crippen molar-refractivity contribution in [3.8, 4) is 0 Å². The third-order valence-corrected chi connectivity index (χ3v) is 5.53. The van der Waals surface area contributed by atoms with E-state index in [0.717, 1.165) is 0 Å². The number of likely N-dealkylation sites (tertiary alicyclic amines) is 1. The van der Waals surface area contributed by atoms with Crippen molar-refractivity contribution in [1.29, 1.82) is 0 Å². The van der Waals surface area contributed by atoms with Crippen molar-refractivity contribution in [2.45, 2.75) is 61.8 Å². The summed E-state index contributed by atoms with van der Waals surface area (Å²) in [6.07, 6.45) is 1.92. The van der Waals surface area contributed by atoms with Gasteiger partial charge in [0.2, 0.25) is 3.79 Å². The molecule has 2 atom stereocenters. The van der Waals surface area contributed by atoms with Crippen molar-refractivity contribution in [2.24, 2.45) is 5.92 Å². The number of hydrogen-bond donors (Lipinski definition) is 0. The Morgan fingerprint density at radius 2 is 1.88 bits per heavy atom. The fourth-order valence-corrected chi connectivity index (χ4v) is 5.29. The molecule has 0 N–H and O–H groups in total. The second-order valence-corrected chi connectivity index (χ2v) is 14.9. The molecule has 1 fully saturated rings. The zero-order valence-corrected chi connectivity index (χ0v) is 18.6. The Balaban J connectivity index is 3.20. The van der Waals surface area contributed by atoms with Gasteiger partial charge in [-0.3, -0.25) is 0 Å². The van der Waals surface area contributed by atoms with Gasteiger partial charge < -0.3 is 14.1 Å². The van der Waals surface area contributed by atoms with E-state index in [2.05, 4.69) is 6.58 Å². The molecule has 4 nitrogen and oxygen atoms in total. The maximum absolute atomic E-state index is 12.5. The van der Waals surface area contributed by atoms with Crippen molar-refractivity contribution in [2.75, 3.05) is 13.1 Å². The highest BCUT2D eigenvalue weighted by Crippen LogP contribution is 2.51. The van der Waals surface area contributed by atoms with E-state index < -0.39 is 29.4 Å². The summed E-state index contributed by atoms with van der Waals surface area (Å²) >= 11 is 19.1. The van der Waals surface area contributed by atoms with Crippen LogP contribution in [0.25, 0.3) is 0 Å². The van der Waals surface area contributed by atoms with Gasteiger partial charge >= 0.3 is 6.09 Å². The minimum absolute atomic E-state index is 0.165. The van der Waals surface area contributed by atoms with Gasteiger partial charge in [0.05, 0.1) is 6.54 Å². The molecule has 2 unspecified atom stereocenters. The minimum atomic E-state index is -2.05. The van der Waals surface area contributed by atoms with Crippen LogP contribution in [0, 0.1) is 5.92 Å². The van der Waals surface area contributed by atoms with Gasteiger partial charge in [0, 0.05) is 12.5 Å². The standard InChI is InChI=1S/C16H28Cl3NO3Si/c1-8-9-12-10-20(13(21)22-14(2,3)4)11-15(12,16(17,18)19)23-24(5,6)7/h8,12H,1,9-11H2,2-7H3. The number of hydrogen-bond acceptors (Lipinski definition) is 3. The molecule has 0 radical (unpaired) electrons. The summed E-state index contributed by atoms with van der Waals surface area (Å²) < 4.78 is 10.2. The zero-order valence-electron chi connectivity index (χ0n) is 15.3. The lowest BCUT2D eigenvalue weighted by molar-refractivity contribution is 0.0155. The van der Waals surface area contributed by atoms with Gasteiger partial charge in [-0.2, -0.15) is 0 Å². The molecule has 0 saturated carbocycles. The van der Waals surface area contributed by atoms with Crippen LogP contribution in [0.15, 0.2) is 12.7 Å². The van der Waals surface area contributed by atoms with Crippen LogP contribution in [0.1, 0.15) is 27.2 Å². The topological polar surface area (TPSA) is 38.8 Å². The molecule has 1 heterocycles. The van der Waals surface area contributed by atoms with Crippen LogP contribution in [-0.4, -0.2) is 47.4 Å². The van der Waals surface area contributed by atoms with Crippen LogP contribution in [0.5, 0.6) is 0 Å². The Morgan fingerprint density at radius 1 is 1.33 bits per heavy atom. The lowest BCUT2D eigenvalue weighted by Crippen LogP contribution is -2.57. The number of carbonyl (C=O) groups is 1. The molecule has 0 aromatic carbocycles. The van der Waals surface area contributed by atoms with Gasteiger partial charge in [-0.05, 0) is 46.8 Å². The average Bonchev–Trinajstić information content (AvgIpc) is 2.65. The number of amides is 1. The maximum Gasteiger partial charge on any atom is 0.410 e. The van der Waals surface area contributed by atoms with Gasteiger partial charge in [-0.25, -0.2) is 4.79 Å². The second-order valence-electron chi connectivity index (χ2n) is 8.18. The Morgan fingerprint density at radius 3 is 2.25 bits per heavy atom. The summed E-state index contributed by atoms with van der Waals surface area (Å²) in [5.41, 5.74) is -1.66. The highest BCUT2D eigenvalue weighted by Gasteiger charge is 2.61. The van der Waals surface area contributed by atoms with Crippen molar-refractivity contribution in [1.82, 2.24) is 4.90 Å². The highest BCUT2D eigenvalue weighted by molar-refractivity contribution is 6.71. The van der Waals surface area contributed by atoms with E-state index in [1.165, 1.54) is 0 Å². The highest BCUT2D eigenvalue weighted by atomic mass is 35.6. The summed E-state index contributed by atoms with van der Waals surface area (Å²) in [6.45, 7) is 15.9. The van der Waals surface area contributed by atoms with Gasteiger partial charge in [0.25, 0.3) is 0 Å². The molecule has 1 rings (SSSR count). The first-order chi connectivity index (χ1) is 10.6. The molecule has 8 heteroatoms. The summed E-state index contributed by atoms with van der Waals surface area (Å²) in [4.78, 5) is 14.1. The summed E-state index contributed by atoms with van der Waals surface area (Å²) in [6, 6.07) is 0. The number of nitrogens with zero attached hydrogens (tertiary/aromatic N) is 1. The summed E-state index contributed by atoms with van der Waals surface area (Å²) in [5.74, 6) is -0.165. The first kappa shape index (κ1) is 22.1. The SMILES string of the molecule is C=CCC1CN(C(=O)OC(C)(C)C)CC1(O[Si](C)(C)C)C(Cl)(Cl)Cl. The quantitative estimate of drug-likeness (QED) is 0.350. The Bertz CT molecular complexity index is 482. The number of carbonyl (C=O) groups excluding carboxylic acids is 1. The van der Waals surface area contributed by atoms with E-state index in [4.69, 9.17) is 44.0 Å². The molecule has 140 valence electrons. The molecular formula is C16H28Cl3NO3Si. The third kappa shape index (κ3) is 5.53. The largest absolute Gasteiger partial charge is 0.444 e. The molecule has 0 aromatic heterocycles. The molecular weight excluding hydrogens is 389 g/mol. The van der Waals surface area contributed by atoms with E-state index in [1.807, 2.05) is 40.4 Å². The molecule has 0 aliphatic carbocycles. The van der Waals surface area contributed by atoms with Crippen LogP contribution < -0.4 is 0 Å². The molecule has 0 aromatic rings. The number of ether oxygens (including phenoxy) is 1. The monoisotopic (exact) mass is 415 g/mol. The molecule has 0 bridgehead atoms. The first-order valence-corrected chi connectivity index (χ1v) is 12.5. The van der Waals surface area contributed by atoms with Crippen LogP contribution in [0.4, 0.5) is 4.79 Å². The van der Waals surface area contributed by atoms with Crippen LogP contribution in [0.2, 0.25) is 19.6 Å². The molecule has 1 aliphatic rings. The predicted molar refractivity (Wildman–Crippen MR) is 104 cm³/mol. The van der Waals surface area contributed by atoms with E-state index in [-0.39, 0.29) is 12.5 Å². The number of halogens is 3. The van der Waals surface area contributed by atoms with E-state index in [1.54, 1.807) is 11.0 Å². The molecule has 1 aliphatic heterocycles. The van der Waals surface area contributed by atoms with Gasteiger partial charge in [-0.15, -0.1) is 6.58 Å². The summed E-state index contributed by atoms with van der Waals surface area (Å²) in [7, 11) is -2.05. The van der Waals surface area contributed by atoms with Crippen LogP contribution >= 0.6 is 34.8 Å². The lowest BCUT2D eigenvalue weighted by Gasteiger charge is -2.44. The zero-order chi connectivity index (χ0) is 19.0. The second kappa shape index (κ2) is 7.35. The maximum atomic E-state index is 12.5. The van der Waals surface area contributed by atoms with Crippen molar-refractivity contribution < 1.29 is 14.0 Å². The van der Waals surface area contributed by atoms with Crippen molar-refractivity contribution in [3.63, 3.8) is 0 Å². The predicted octanol–water partition coefficient (Wildman–Crippen LogP) is 5.39. The van der Waals surface area contributed by atoms with Gasteiger partial charge in [0.1, 0.15) is 11.2 Å². The number of alkyl halides is 3. The molecule has 1 saturated heterocycles. The van der Waals surface area contributed by atoms with E-state index in [9.17, 15) is 4.79 Å². The van der Waals surface area contributed by atoms with Gasteiger partial charge in [0.15, 0.2) is 8.32 Å². The van der Waals surface area contributed by atoms with Crippen molar-refractivity contribution in [3.05, 3.63) is 12.7 Å². The molecule has 0 spiro atoms. The Kier molecular flexibility index (Phi) is 6.77. The van der Waals surface area contributed by atoms with Crippen LogP contribution in [0.3, 0.4) is 0 Å². The third-order valence-electron chi connectivity index (χ3n) is 3.60. The minimum Gasteiger partial charge on any atom is -0.444 e. The fraction of sp³-hybridized carbons (Fsp3) is 0.812. The molecule has 24 heavy (non-hydrogen) atoms. The number of rotatable bonds is 4. The smallest absolute Gasteiger partial charge is 0.410 e. The Hall–Kier alpha value is 0.0569. The van der Waals surface area contributed by atoms with E-state index in [0.29, 0.717) is 13.0 Å². The van der Waals surface area contributed by atoms with Crippen LogP contribution in [-0.2, 0) is 9.16 Å². The molecule has 1 amide bonds. The first-order valence-electron chi connectivity index (χ1n) is 7.97. The van der Waals surface area contributed by atoms with E-state index >= 15 is 0 Å². The van der Waals surface area contributed by atoms with Crippen molar-refractivity contribution >= 4 is 49.2 Å². The van der Waals surface area contributed by atoms with Gasteiger partial charge in [-0.1, -0.05) is 40.9 Å². The fourth-order valence-electron chi connectivity index (χ4n) is 2.86. The average molecular weight is 417 g/mol. The number of allylic oxidation sites excluding steroid dienone is 1.